The van der Waals surface area contributed by atoms with Crippen molar-refractivity contribution in [2.75, 3.05) is 32.7 Å². The van der Waals surface area contributed by atoms with Gasteiger partial charge in [-0.2, -0.15) is 4.31 Å². The van der Waals surface area contributed by atoms with Crippen molar-refractivity contribution in [3.63, 3.8) is 0 Å². The van der Waals surface area contributed by atoms with Crippen molar-refractivity contribution in [2.45, 2.75) is 17.4 Å². The predicted molar refractivity (Wildman–Crippen MR) is 116 cm³/mol. The van der Waals surface area contributed by atoms with Gasteiger partial charge in [0.2, 0.25) is 15.9 Å². The molecule has 0 saturated carbocycles. The molecule has 4 rings (SSSR count). The summed E-state index contributed by atoms with van der Waals surface area (Å²) in [6.45, 7) is 0.338. The average Bonchev–Trinajstić information content (AvgIpc) is 3.07. The van der Waals surface area contributed by atoms with Crippen LogP contribution in [0.5, 0.6) is 0 Å². The highest BCUT2D eigenvalue weighted by Crippen LogP contribution is 2.18. The van der Waals surface area contributed by atoms with Crippen molar-refractivity contribution < 1.29 is 22.8 Å². The normalized spacial score (nSPS) is 19.8. The molecular weight excluding hydrogens is 432 g/mol. The monoisotopic (exact) mass is 456 g/mol. The highest BCUT2D eigenvalue weighted by Gasteiger charge is 2.40. The van der Waals surface area contributed by atoms with Gasteiger partial charge in [-0.15, -0.1) is 0 Å². The number of sulfonamides is 1. The summed E-state index contributed by atoms with van der Waals surface area (Å²) in [5, 5.41) is 2.63. The third kappa shape index (κ3) is 4.51. The van der Waals surface area contributed by atoms with Gasteiger partial charge in [-0.25, -0.2) is 13.2 Å². The largest absolute Gasteiger partial charge is 0.338 e. The average molecular weight is 457 g/mol. The van der Waals surface area contributed by atoms with Crippen LogP contribution in [0.25, 0.3) is 0 Å². The van der Waals surface area contributed by atoms with Gasteiger partial charge in [-0.3, -0.25) is 14.5 Å². The van der Waals surface area contributed by atoms with Crippen LogP contribution in [0.4, 0.5) is 4.79 Å². The number of nitrogens with one attached hydrogen (secondary N) is 1. The van der Waals surface area contributed by atoms with Crippen LogP contribution in [0.2, 0.25) is 0 Å². The molecule has 2 aromatic carbocycles. The lowest BCUT2D eigenvalue weighted by Crippen LogP contribution is -2.53. The number of hydrogen-bond donors (Lipinski definition) is 1. The van der Waals surface area contributed by atoms with Crippen LogP contribution in [0.1, 0.15) is 5.56 Å². The number of piperazine rings is 1. The van der Waals surface area contributed by atoms with E-state index in [1.807, 2.05) is 30.3 Å². The molecule has 32 heavy (non-hydrogen) atoms. The van der Waals surface area contributed by atoms with E-state index in [0.29, 0.717) is 6.42 Å². The highest BCUT2D eigenvalue weighted by molar-refractivity contribution is 7.89. The Bertz CT molecular complexity index is 1100. The van der Waals surface area contributed by atoms with Gasteiger partial charge in [0.1, 0.15) is 12.6 Å². The van der Waals surface area contributed by atoms with Crippen LogP contribution in [0.15, 0.2) is 65.6 Å². The molecule has 0 unspecified atom stereocenters. The van der Waals surface area contributed by atoms with Crippen LogP contribution >= 0.6 is 0 Å². The Morgan fingerprint density at radius 2 is 1.50 bits per heavy atom. The molecule has 9 nitrogen and oxygen atoms in total. The summed E-state index contributed by atoms with van der Waals surface area (Å²) in [5.74, 6) is -0.817. The first kappa shape index (κ1) is 22.0. The molecule has 2 aliphatic rings. The summed E-state index contributed by atoms with van der Waals surface area (Å²) in [7, 11) is -3.62. The third-order valence-corrected chi connectivity index (χ3v) is 7.57. The van der Waals surface area contributed by atoms with Gasteiger partial charge in [0.05, 0.1) is 4.90 Å². The van der Waals surface area contributed by atoms with E-state index >= 15 is 0 Å². The van der Waals surface area contributed by atoms with E-state index in [0.717, 1.165) is 10.5 Å². The number of imide groups is 1. The zero-order chi connectivity index (χ0) is 22.7. The molecule has 1 N–H and O–H groups in total. The number of benzene rings is 2. The molecule has 2 saturated heterocycles. The van der Waals surface area contributed by atoms with Gasteiger partial charge >= 0.3 is 6.03 Å². The zero-order valence-electron chi connectivity index (χ0n) is 17.4. The fraction of sp³-hybridized carbons (Fsp3) is 0.318. The number of nitrogens with zero attached hydrogens (tertiary/aromatic N) is 3. The van der Waals surface area contributed by atoms with Crippen molar-refractivity contribution in [3.8, 4) is 0 Å². The summed E-state index contributed by atoms with van der Waals surface area (Å²) >= 11 is 0. The second-order valence-electron chi connectivity index (χ2n) is 7.71. The number of carbonyl (C=O) groups excluding carboxylic acids is 3. The molecular formula is C22H24N4O5S. The molecule has 168 valence electrons. The Kier molecular flexibility index (Phi) is 6.24. The molecule has 4 amide bonds. The van der Waals surface area contributed by atoms with E-state index in [9.17, 15) is 22.8 Å². The Balaban J connectivity index is 1.33. The summed E-state index contributed by atoms with van der Waals surface area (Å²) < 4.78 is 26.8. The van der Waals surface area contributed by atoms with Crippen molar-refractivity contribution in [1.82, 2.24) is 19.4 Å². The smallest absolute Gasteiger partial charge is 0.325 e. The first-order chi connectivity index (χ1) is 15.4. The fourth-order valence-corrected chi connectivity index (χ4v) is 5.31. The molecule has 0 aromatic heterocycles. The zero-order valence-corrected chi connectivity index (χ0v) is 18.2. The van der Waals surface area contributed by atoms with Gasteiger partial charge < -0.3 is 10.2 Å². The van der Waals surface area contributed by atoms with E-state index in [1.165, 1.54) is 21.3 Å². The van der Waals surface area contributed by atoms with Crippen LogP contribution in [0.3, 0.4) is 0 Å². The lowest BCUT2D eigenvalue weighted by atomic mass is 10.1. The molecule has 0 aliphatic carbocycles. The lowest BCUT2D eigenvalue weighted by molar-refractivity contribution is -0.138. The number of amides is 4. The summed E-state index contributed by atoms with van der Waals surface area (Å²) in [6, 6.07) is 16.2. The van der Waals surface area contributed by atoms with E-state index in [2.05, 4.69) is 5.32 Å². The molecule has 2 fully saturated rings. The maximum absolute atomic E-state index is 12.7. The SMILES string of the molecule is O=C(CN1C(=O)N[C@H](Cc2ccccc2)C1=O)N1CCN(S(=O)(=O)c2ccccc2)CC1. The molecule has 2 heterocycles. The third-order valence-electron chi connectivity index (χ3n) is 5.66. The minimum absolute atomic E-state index is 0.153. The Labute approximate surface area is 186 Å². The number of hydrogen-bond acceptors (Lipinski definition) is 5. The summed E-state index contributed by atoms with van der Waals surface area (Å²) in [6.07, 6.45) is 0.353. The minimum Gasteiger partial charge on any atom is -0.338 e. The Morgan fingerprint density at radius 1 is 0.906 bits per heavy atom. The van der Waals surface area contributed by atoms with Crippen molar-refractivity contribution in [1.29, 1.82) is 0 Å². The molecule has 0 radical (unpaired) electrons. The molecule has 1 atom stereocenters. The Morgan fingerprint density at radius 3 is 2.12 bits per heavy atom. The highest BCUT2D eigenvalue weighted by atomic mass is 32.2. The summed E-state index contributed by atoms with van der Waals surface area (Å²) in [4.78, 5) is 40.3. The summed E-state index contributed by atoms with van der Waals surface area (Å²) in [5.41, 5.74) is 0.912. The number of urea groups is 1. The van der Waals surface area contributed by atoms with Gasteiger partial charge in [0, 0.05) is 32.6 Å². The number of carbonyl (C=O) groups is 3. The topological polar surface area (TPSA) is 107 Å². The van der Waals surface area contributed by atoms with Crippen LogP contribution in [-0.2, 0) is 26.0 Å². The second kappa shape index (κ2) is 9.09. The maximum atomic E-state index is 12.7. The molecule has 0 spiro atoms. The molecule has 10 heteroatoms. The number of rotatable bonds is 6. The predicted octanol–water partition coefficient (Wildman–Crippen LogP) is 0.683. The van der Waals surface area contributed by atoms with Crippen LogP contribution < -0.4 is 5.32 Å². The first-order valence-electron chi connectivity index (χ1n) is 10.3. The van der Waals surface area contributed by atoms with Crippen LogP contribution in [-0.4, -0.2) is 79.1 Å². The van der Waals surface area contributed by atoms with E-state index in [4.69, 9.17) is 0 Å². The molecule has 2 aromatic rings. The lowest BCUT2D eigenvalue weighted by Gasteiger charge is -2.34. The minimum atomic E-state index is -3.62. The second-order valence-corrected chi connectivity index (χ2v) is 9.65. The van der Waals surface area contributed by atoms with E-state index in [1.54, 1.807) is 18.2 Å². The van der Waals surface area contributed by atoms with Crippen molar-refractivity contribution >= 4 is 27.9 Å². The fourth-order valence-electron chi connectivity index (χ4n) is 3.87. The quantitative estimate of drug-likeness (QED) is 0.644. The Hall–Kier alpha value is -3.24. The van der Waals surface area contributed by atoms with Crippen molar-refractivity contribution in [2.24, 2.45) is 0 Å². The molecule has 0 bridgehead atoms. The first-order valence-corrected chi connectivity index (χ1v) is 11.8. The van der Waals surface area contributed by atoms with Gasteiger partial charge in [-0.1, -0.05) is 48.5 Å². The van der Waals surface area contributed by atoms with Gasteiger partial charge in [0.15, 0.2) is 0 Å². The van der Waals surface area contributed by atoms with E-state index < -0.39 is 28.0 Å². The maximum Gasteiger partial charge on any atom is 0.325 e. The van der Waals surface area contributed by atoms with E-state index in [-0.39, 0.29) is 43.5 Å². The molecule has 2 aliphatic heterocycles. The van der Waals surface area contributed by atoms with Crippen LogP contribution in [0, 0.1) is 0 Å². The van der Waals surface area contributed by atoms with Crippen molar-refractivity contribution in [3.05, 3.63) is 66.2 Å². The standard InChI is InChI=1S/C22H24N4O5S/c27-20(16-26-21(28)19(23-22(26)29)15-17-7-3-1-4-8-17)24-11-13-25(14-12-24)32(30,31)18-9-5-2-6-10-18/h1-10,19H,11-16H2,(H,23,29)/t19-/m1/s1. The van der Waals surface area contributed by atoms with Gasteiger partial charge in [-0.05, 0) is 17.7 Å². The van der Waals surface area contributed by atoms with Gasteiger partial charge in [0.25, 0.3) is 5.91 Å².